The van der Waals surface area contributed by atoms with E-state index in [2.05, 4.69) is 20.7 Å². The minimum Gasteiger partial charge on any atom is -0.398 e. The second-order valence-electron chi connectivity index (χ2n) is 4.40. The van der Waals surface area contributed by atoms with E-state index >= 15 is 0 Å². The Labute approximate surface area is 141 Å². The number of hydrogen-bond acceptors (Lipinski definition) is 3. The number of nitrogen functional groups attached to an aromatic ring is 1. The third-order valence-electron chi connectivity index (χ3n) is 2.69. The number of nitrogens with one attached hydrogen (secondary N) is 1. The van der Waals surface area contributed by atoms with Crippen molar-refractivity contribution in [3.05, 3.63) is 50.4 Å². The molecule has 3 N–H and O–H groups in total. The Kier molecular flexibility index (Phi) is 4.72. The van der Waals surface area contributed by atoms with Gasteiger partial charge in [0.15, 0.2) is 0 Å². The molecule has 112 valence electrons. The summed E-state index contributed by atoms with van der Waals surface area (Å²) < 4.78 is 27.6. The highest BCUT2D eigenvalue weighted by Gasteiger charge is 2.21. The van der Waals surface area contributed by atoms with Crippen molar-refractivity contribution in [2.24, 2.45) is 0 Å². The number of hydrogen-bond donors (Lipinski definition) is 2. The first-order valence-electron chi connectivity index (χ1n) is 5.74. The lowest BCUT2D eigenvalue weighted by Gasteiger charge is -2.13. The van der Waals surface area contributed by atoms with E-state index in [-0.39, 0.29) is 25.8 Å². The van der Waals surface area contributed by atoms with Gasteiger partial charge in [0, 0.05) is 10.7 Å². The first-order chi connectivity index (χ1) is 9.70. The second kappa shape index (κ2) is 6.04. The van der Waals surface area contributed by atoms with E-state index in [9.17, 15) is 8.42 Å². The number of halogens is 3. The molecule has 0 aliphatic rings. The minimum absolute atomic E-state index is 0.0517. The van der Waals surface area contributed by atoms with Crippen LogP contribution < -0.4 is 10.5 Å². The Morgan fingerprint density at radius 2 is 1.86 bits per heavy atom. The fourth-order valence-electron chi connectivity index (χ4n) is 1.68. The van der Waals surface area contributed by atoms with Crippen molar-refractivity contribution in [3.8, 4) is 0 Å². The molecule has 0 aliphatic carbocycles. The van der Waals surface area contributed by atoms with Crippen molar-refractivity contribution in [1.29, 1.82) is 0 Å². The molecule has 0 bridgehead atoms. The van der Waals surface area contributed by atoms with Crippen LogP contribution in [-0.2, 0) is 10.0 Å². The van der Waals surface area contributed by atoms with Gasteiger partial charge in [0.05, 0.1) is 15.2 Å². The van der Waals surface area contributed by atoms with Gasteiger partial charge in [-0.3, -0.25) is 4.72 Å². The molecule has 0 saturated carbocycles. The first-order valence-corrected chi connectivity index (χ1v) is 8.77. The molecular weight excluding hydrogens is 399 g/mol. The van der Waals surface area contributed by atoms with Crippen LogP contribution in [0.1, 0.15) is 5.56 Å². The summed E-state index contributed by atoms with van der Waals surface area (Å²) in [4.78, 5) is -0.0517. The molecule has 21 heavy (non-hydrogen) atoms. The van der Waals surface area contributed by atoms with Crippen LogP contribution in [0.4, 0.5) is 11.4 Å². The van der Waals surface area contributed by atoms with Crippen LogP contribution in [0.3, 0.4) is 0 Å². The molecule has 0 amide bonds. The summed E-state index contributed by atoms with van der Waals surface area (Å²) in [5.74, 6) is 0. The molecular formula is C13H11BrCl2N2O2S. The zero-order valence-electron chi connectivity index (χ0n) is 10.8. The van der Waals surface area contributed by atoms with Crippen LogP contribution in [0.15, 0.2) is 39.7 Å². The maximum absolute atomic E-state index is 12.5. The van der Waals surface area contributed by atoms with E-state index in [4.69, 9.17) is 28.9 Å². The first kappa shape index (κ1) is 16.4. The molecule has 2 rings (SSSR count). The lowest BCUT2D eigenvalue weighted by Crippen LogP contribution is -2.14. The van der Waals surface area contributed by atoms with Gasteiger partial charge in [0.25, 0.3) is 10.0 Å². The third-order valence-corrected chi connectivity index (χ3v) is 5.76. The highest BCUT2D eigenvalue weighted by Crippen LogP contribution is 2.33. The molecule has 2 aromatic carbocycles. The molecule has 0 aliphatic heterocycles. The smallest absolute Gasteiger partial charge is 0.263 e. The van der Waals surface area contributed by atoms with Crippen LogP contribution in [0.25, 0.3) is 0 Å². The summed E-state index contributed by atoms with van der Waals surface area (Å²) >= 11 is 15.1. The van der Waals surface area contributed by atoms with E-state index in [1.165, 1.54) is 12.1 Å². The molecule has 2 aromatic rings. The fraction of sp³-hybridized carbons (Fsp3) is 0.0769. The van der Waals surface area contributed by atoms with Crippen molar-refractivity contribution in [2.45, 2.75) is 11.8 Å². The van der Waals surface area contributed by atoms with Crippen LogP contribution in [0.5, 0.6) is 0 Å². The normalized spacial score (nSPS) is 11.4. The highest BCUT2D eigenvalue weighted by molar-refractivity contribution is 9.10. The molecule has 0 radical (unpaired) electrons. The van der Waals surface area contributed by atoms with Gasteiger partial charge < -0.3 is 5.73 Å². The number of sulfonamides is 1. The summed E-state index contributed by atoms with van der Waals surface area (Å²) in [6.45, 7) is 1.86. The van der Waals surface area contributed by atoms with Gasteiger partial charge in [-0.05, 0) is 52.7 Å². The second-order valence-corrected chi connectivity index (χ2v) is 7.68. The van der Waals surface area contributed by atoms with E-state index in [0.717, 1.165) is 5.56 Å². The van der Waals surface area contributed by atoms with Crippen LogP contribution in [-0.4, -0.2) is 8.42 Å². The predicted molar refractivity (Wildman–Crippen MR) is 90.6 cm³/mol. The number of nitrogens with two attached hydrogens (primary N) is 1. The van der Waals surface area contributed by atoms with Crippen LogP contribution in [0.2, 0.25) is 10.0 Å². The Hall–Kier alpha value is -0.950. The maximum atomic E-state index is 12.5. The predicted octanol–water partition coefficient (Wildman–Crippen LogP) is 4.45. The molecule has 8 heteroatoms. The summed E-state index contributed by atoms with van der Waals surface area (Å²) in [5.41, 5.74) is 7.16. The Morgan fingerprint density at radius 3 is 2.48 bits per heavy atom. The Balaban J connectivity index is 2.48. The molecule has 0 atom stereocenters. The summed E-state index contributed by atoms with van der Waals surface area (Å²) in [5, 5.41) is 0.538. The van der Waals surface area contributed by atoms with Gasteiger partial charge in [-0.1, -0.05) is 29.3 Å². The van der Waals surface area contributed by atoms with Crippen LogP contribution in [0, 0.1) is 6.92 Å². The standard InChI is InChI=1S/C13H11BrCl2N2O2S/c1-7-2-3-11(9(16)4-7)18-21(19,20)12-6-8(15)5-10(17)13(12)14/h2-6,18H,17H2,1H3. The maximum Gasteiger partial charge on any atom is 0.263 e. The molecule has 0 spiro atoms. The number of rotatable bonds is 3. The average Bonchev–Trinajstić information content (AvgIpc) is 2.37. The summed E-state index contributed by atoms with van der Waals surface area (Å²) in [6, 6.07) is 7.79. The largest absolute Gasteiger partial charge is 0.398 e. The molecule has 0 unspecified atom stereocenters. The topological polar surface area (TPSA) is 72.2 Å². The van der Waals surface area contributed by atoms with Crippen molar-refractivity contribution >= 4 is 60.5 Å². The molecule has 0 aromatic heterocycles. The van der Waals surface area contributed by atoms with Crippen molar-refractivity contribution in [1.82, 2.24) is 0 Å². The van der Waals surface area contributed by atoms with Gasteiger partial charge >= 0.3 is 0 Å². The zero-order chi connectivity index (χ0) is 15.8. The fourth-order valence-corrected chi connectivity index (χ4v) is 4.39. The number of benzene rings is 2. The summed E-state index contributed by atoms with van der Waals surface area (Å²) in [6.07, 6.45) is 0. The van der Waals surface area contributed by atoms with Crippen molar-refractivity contribution in [3.63, 3.8) is 0 Å². The van der Waals surface area contributed by atoms with E-state index in [1.807, 2.05) is 6.92 Å². The van der Waals surface area contributed by atoms with Crippen LogP contribution >= 0.6 is 39.1 Å². The third kappa shape index (κ3) is 3.63. The van der Waals surface area contributed by atoms with Gasteiger partial charge in [-0.15, -0.1) is 0 Å². The monoisotopic (exact) mass is 408 g/mol. The zero-order valence-corrected chi connectivity index (χ0v) is 14.7. The lowest BCUT2D eigenvalue weighted by atomic mass is 10.2. The molecule has 0 saturated heterocycles. The lowest BCUT2D eigenvalue weighted by molar-refractivity contribution is 0.601. The highest BCUT2D eigenvalue weighted by atomic mass is 79.9. The quantitative estimate of drug-likeness (QED) is 0.735. The van der Waals surface area contributed by atoms with Crippen molar-refractivity contribution < 1.29 is 8.42 Å². The Bertz CT molecular complexity index is 810. The Morgan fingerprint density at radius 1 is 1.19 bits per heavy atom. The van der Waals surface area contributed by atoms with E-state index in [1.54, 1.807) is 18.2 Å². The van der Waals surface area contributed by atoms with Crippen molar-refractivity contribution in [2.75, 3.05) is 10.5 Å². The molecule has 0 fully saturated rings. The average molecular weight is 410 g/mol. The van der Waals surface area contributed by atoms with Gasteiger partial charge in [-0.2, -0.15) is 0 Å². The number of aryl methyl sites for hydroxylation is 1. The SMILES string of the molecule is Cc1ccc(NS(=O)(=O)c2cc(Cl)cc(N)c2Br)c(Cl)c1. The summed E-state index contributed by atoms with van der Waals surface area (Å²) in [7, 11) is -3.87. The molecule has 4 nitrogen and oxygen atoms in total. The minimum atomic E-state index is -3.87. The van der Waals surface area contributed by atoms with E-state index < -0.39 is 10.0 Å². The van der Waals surface area contributed by atoms with Gasteiger partial charge in [0.1, 0.15) is 4.90 Å². The van der Waals surface area contributed by atoms with Gasteiger partial charge in [-0.25, -0.2) is 8.42 Å². The molecule has 0 heterocycles. The van der Waals surface area contributed by atoms with E-state index in [0.29, 0.717) is 5.02 Å². The van der Waals surface area contributed by atoms with Gasteiger partial charge in [0.2, 0.25) is 0 Å². The number of anilines is 2.